The zero-order valence-corrected chi connectivity index (χ0v) is 11.3. The first kappa shape index (κ1) is 12.9. The van der Waals surface area contributed by atoms with E-state index in [9.17, 15) is 13.6 Å². The number of nitrogens with one attached hydrogen (secondary N) is 1. The monoisotopic (exact) mass is 295 g/mol. The van der Waals surface area contributed by atoms with Gasteiger partial charge in [0.25, 0.3) is 5.92 Å². The van der Waals surface area contributed by atoms with E-state index < -0.39 is 22.7 Å². The molecule has 7 heteroatoms. The standard InChI is InChI=1S/C14H15F2N3O2/c15-14(16)12(2-3-12)13(14)5-8(6-13)7-18-11-17-4-1-9(19-11)10(20)21/h1,4,8H,2-3,5-7H2,(H,20,21)(H,17,18,19). The molecule has 4 rings (SSSR count). The minimum Gasteiger partial charge on any atom is -0.477 e. The van der Waals surface area contributed by atoms with Crippen molar-refractivity contribution in [1.29, 1.82) is 0 Å². The molecule has 2 spiro atoms. The van der Waals surface area contributed by atoms with Gasteiger partial charge in [-0.3, -0.25) is 0 Å². The van der Waals surface area contributed by atoms with Gasteiger partial charge in [0, 0.05) is 23.6 Å². The van der Waals surface area contributed by atoms with E-state index in [0.29, 0.717) is 32.2 Å². The van der Waals surface area contributed by atoms with E-state index in [1.54, 1.807) is 0 Å². The Morgan fingerprint density at radius 3 is 2.67 bits per heavy atom. The third-order valence-corrected chi connectivity index (χ3v) is 5.50. The second-order valence-corrected chi connectivity index (χ2v) is 6.46. The van der Waals surface area contributed by atoms with Gasteiger partial charge in [0.05, 0.1) is 0 Å². The van der Waals surface area contributed by atoms with Crippen molar-refractivity contribution in [3.05, 3.63) is 18.0 Å². The van der Waals surface area contributed by atoms with Crippen LogP contribution in [0.15, 0.2) is 12.3 Å². The zero-order valence-electron chi connectivity index (χ0n) is 11.3. The molecule has 0 atom stereocenters. The van der Waals surface area contributed by atoms with Gasteiger partial charge in [-0.1, -0.05) is 0 Å². The first-order valence-corrected chi connectivity index (χ1v) is 7.10. The van der Waals surface area contributed by atoms with Crippen molar-refractivity contribution >= 4 is 11.9 Å². The van der Waals surface area contributed by atoms with E-state index in [-0.39, 0.29) is 17.6 Å². The van der Waals surface area contributed by atoms with Crippen molar-refractivity contribution in [3.8, 4) is 0 Å². The summed E-state index contributed by atoms with van der Waals surface area (Å²) in [6.45, 7) is 0.511. The summed E-state index contributed by atoms with van der Waals surface area (Å²) < 4.78 is 27.7. The Balaban J connectivity index is 1.34. The number of hydrogen-bond acceptors (Lipinski definition) is 4. The molecule has 1 aromatic heterocycles. The van der Waals surface area contributed by atoms with Gasteiger partial charge < -0.3 is 10.4 Å². The van der Waals surface area contributed by atoms with Gasteiger partial charge in [0.15, 0.2) is 5.69 Å². The van der Waals surface area contributed by atoms with Crippen LogP contribution in [0.25, 0.3) is 0 Å². The van der Waals surface area contributed by atoms with Crippen LogP contribution in [-0.2, 0) is 0 Å². The van der Waals surface area contributed by atoms with E-state index >= 15 is 0 Å². The molecule has 0 bridgehead atoms. The fraction of sp³-hybridized carbons (Fsp3) is 0.643. The normalized spacial score (nSPS) is 33.5. The number of carboxylic acids is 1. The van der Waals surface area contributed by atoms with Crippen LogP contribution in [0.5, 0.6) is 0 Å². The summed E-state index contributed by atoms with van der Waals surface area (Å²) >= 11 is 0. The van der Waals surface area contributed by atoms with Gasteiger partial charge in [-0.05, 0) is 37.7 Å². The summed E-state index contributed by atoms with van der Waals surface area (Å²) in [7, 11) is 0. The van der Waals surface area contributed by atoms with Crippen LogP contribution in [0.1, 0.15) is 36.2 Å². The van der Waals surface area contributed by atoms with Crippen LogP contribution in [-0.4, -0.2) is 33.5 Å². The molecule has 0 amide bonds. The summed E-state index contributed by atoms with van der Waals surface area (Å²) in [5.41, 5.74) is -1.46. The Bertz CT molecular complexity index is 618. The second-order valence-electron chi connectivity index (χ2n) is 6.46. The summed E-state index contributed by atoms with van der Waals surface area (Å²) in [5, 5.41) is 11.8. The molecule has 112 valence electrons. The number of carbonyl (C=O) groups is 1. The maximum atomic E-state index is 13.8. The minimum atomic E-state index is -2.46. The number of carboxylic acid groups (broad SMARTS) is 1. The largest absolute Gasteiger partial charge is 0.477 e. The molecule has 3 fully saturated rings. The Hall–Kier alpha value is -1.79. The second kappa shape index (κ2) is 3.69. The maximum Gasteiger partial charge on any atom is 0.354 e. The van der Waals surface area contributed by atoms with Crippen molar-refractivity contribution in [1.82, 2.24) is 9.97 Å². The molecule has 0 saturated heterocycles. The Morgan fingerprint density at radius 2 is 2.10 bits per heavy atom. The quantitative estimate of drug-likeness (QED) is 0.892. The molecule has 0 aromatic carbocycles. The van der Waals surface area contributed by atoms with E-state index in [1.807, 2.05) is 0 Å². The number of halogens is 2. The van der Waals surface area contributed by atoms with Crippen LogP contribution in [0.3, 0.4) is 0 Å². The molecule has 1 aromatic rings. The van der Waals surface area contributed by atoms with Gasteiger partial charge in [-0.2, -0.15) is 0 Å². The number of aromatic nitrogens is 2. The first-order valence-electron chi connectivity index (χ1n) is 7.10. The molecule has 3 aliphatic rings. The van der Waals surface area contributed by atoms with Crippen LogP contribution < -0.4 is 5.32 Å². The van der Waals surface area contributed by atoms with Crippen molar-refractivity contribution in [2.75, 3.05) is 11.9 Å². The number of rotatable bonds is 4. The summed E-state index contributed by atoms with van der Waals surface area (Å²) in [5.74, 6) is -3.15. The lowest BCUT2D eigenvalue weighted by Gasteiger charge is -2.36. The van der Waals surface area contributed by atoms with Gasteiger partial charge in [-0.15, -0.1) is 0 Å². The lowest BCUT2D eigenvalue weighted by atomic mass is 9.69. The van der Waals surface area contributed by atoms with E-state index in [4.69, 9.17) is 5.11 Å². The zero-order chi connectivity index (χ0) is 14.9. The van der Waals surface area contributed by atoms with E-state index in [0.717, 1.165) is 0 Å². The maximum absolute atomic E-state index is 13.8. The summed E-state index contributed by atoms with van der Waals surface area (Å²) in [6, 6.07) is 1.31. The Morgan fingerprint density at radius 1 is 1.38 bits per heavy atom. The molecule has 0 aliphatic heterocycles. The number of anilines is 1. The number of fused-ring (bicyclic) bond motifs is 1. The lowest BCUT2D eigenvalue weighted by Crippen LogP contribution is -2.35. The molecule has 0 unspecified atom stereocenters. The van der Waals surface area contributed by atoms with Crippen LogP contribution in [0.4, 0.5) is 14.7 Å². The minimum absolute atomic E-state index is 0.0803. The molecule has 5 nitrogen and oxygen atoms in total. The predicted molar refractivity (Wildman–Crippen MR) is 69.3 cm³/mol. The highest BCUT2D eigenvalue weighted by atomic mass is 19.3. The smallest absolute Gasteiger partial charge is 0.354 e. The van der Waals surface area contributed by atoms with Crippen molar-refractivity contribution < 1.29 is 18.7 Å². The summed E-state index contributed by atoms with van der Waals surface area (Å²) in [6.07, 6.45) is 3.81. The topological polar surface area (TPSA) is 75.1 Å². The van der Waals surface area contributed by atoms with Gasteiger partial charge in [-0.25, -0.2) is 23.5 Å². The van der Waals surface area contributed by atoms with Crippen molar-refractivity contribution in [2.45, 2.75) is 31.6 Å². The summed E-state index contributed by atoms with van der Waals surface area (Å²) in [4.78, 5) is 18.6. The van der Waals surface area contributed by atoms with Gasteiger partial charge >= 0.3 is 5.97 Å². The van der Waals surface area contributed by atoms with Crippen LogP contribution >= 0.6 is 0 Å². The fourth-order valence-electron chi connectivity index (χ4n) is 4.17. The SMILES string of the molecule is O=C(O)c1ccnc(NCC2CC3(C2)C(F)(F)C32CC2)n1. The van der Waals surface area contributed by atoms with Crippen molar-refractivity contribution in [3.63, 3.8) is 0 Å². The number of aromatic carboxylic acids is 1. The van der Waals surface area contributed by atoms with Gasteiger partial charge in [0.1, 0.15) is 0 Å². The van der Waals surface area contributed by atoms with Crippen LogP contribution in [0.2, 0.25) is 0 Å². The lowest BCUT2D eigenvalue weighted by molar-refractivity contribution is 0.00443. The highest BCUT2D eigenvalue weighted by molar-refractivity contribution is 5.85. The highest BCUT2D eigenvalue weighted by Gasteiger charge is 2.97. The number of nitrogens with zero attached hydrogens (tertiary/aromatic N) is 2. The predicted octanol–water partition coefficient (Wildman–Crippen LogP) is 2.41. The van der Waals surface area contributed by atoms with Gasteiger partial charge in [0.2, 0.25) is 5.95 Å². The number of alkyl halides is 2. The molecule has 0 radical (unpaired) electrons. The Kier molecular flexibility index (Phi) is 2.27. The van der Waals surface area contributed by atoms with E-state index in [1.165, 1.54) is 12.3 Å². The molecule has 3 saturated carbocycles. The number of hydrogen-bond donors (Lipinski definition) is 2. The fourth-order valence-corrected chi connectivity index (χ4v) is 4.17. The molecule has 21 heavy (non-hydrogen) atoms. The molecular formula is C14H15F2N3O2. The Labute approximate surface area is 119 Å². The molecule has 2 N–H and O–H groups in total. The molecular weight excluding hydrogens is 280 g/mol. The van der Waals surface area contributed by atoms with E-state index in [2.05, 4.69) is 15.3 Å². The average Bonchev–Trinajstić information content (AvgIpc) is 3.25. The first-order chi connectivity index (χ1) is 9.92. The van der Waals surface area contributed by atoms with Crippen LogP contribution in [0, 0.1) is 16.7 Å². The molecule has 3 aliphatic carbocycles. The third-order valence-electron chi connectivity index (χ3n) is 5.50. The highest BCUT2D eigenvalue weighted by Crippen LogP contribution is 2.93. The third kappa shape index (κ3) is 1.46. The molecule has 1 heterocycles. The van der Waals surface area contributed by atoms with Crippen molar-refractivity contribution in [2.24, 2.45) is 16.7 Å². The average molecular weight is 295 g/mol.